The van der Waals surface area contributed by atoms with Gasteiger partial charge in [-0.05, 0) is 83.8 Å². The van der Waals surface area contributed by atoms with E-state index in [0.29, 0.717) is 26.7 Å². The topological polar surface area (TPSA) is 66.6 Å². The summed E-state index contributed by atoms with van der Waals surface area (Å²) in [6.07, 6.45) is 3.41. The predicted octanol–water partition coefficient (Wildman–Crippen LogP) is 10.2. The molecule has 7 rings (SSSR count). The van der Waals surface area contributed by atoms with Gasteiger partial charge in [-0.2, -0.15) is 5.10 Å². The summed E-state index contributed by atoms with van der Waals surface area (Å²) in [5, 5.41) is 6.23. The quantitative estimate of drug-likeness (QED) is 0.0654. The SMILES string of the molecule is CCc1cc(OCc2ccccc2)c(F)cc1-c1ccc2c(-c3nc4c(n3COCC[Si](C)(C)C)CN(CC3CC3)C4)nn(COCC[Si](C)(C)C)c2c1. The van der Waals surface area contributed by atoms with Crippen LogP contribution in [0.1, 0.15) is 42.3 Å². The number of benzene rings is 3. The molecule has 0 radical (unpaired) electrons. The van der Waals surface area contributed by atoms with Crippen LogP contribution >= 0.6 is 0 Å². The molecule has 1 fully saturated rings. The van der Waals surface area contributed by atoms with Crippen LogP contribution in [0.15, 0.2) is 60.7 Å². The fourth-order valence-corrected chi connectivity index (χ4v) is 8.62. The molecule has 2 aliphatic rings. The largest absolute Gasteiger partial charge is 0.486 e. The summed E-state index contributed by atoms with van der Waals surface area (Å²) in [7, 11) is -2.52. The Bertz CT molecular complexity index is 2060. The second-order valence-corrected chi connectivity index (χ2v) is 29.0. The maximum Gasteiger partial charge on any atom is 0.165 e. The third-order valence-electron chi connectivity index (χ3n) is 10.6. The van der Waals surface area contributed by atoms with Gasteiger partial charge in [0.05, 0.1) is 16.9 Å². The third kappa shape index (κ3) is 9.42. The van der Waals surface area contributed by atoms with Crippen molar-refractivity contribution < 1.29 is 18.6 Å². The van der Waals surface area contributed by atoms with Crippen molar-refractivity contribution in [1.29, 1.82) is 0 Å². The molecule has 0 bridgehead atoms. The normalized spacial score (nSPS) is 15.0. The molecule has 3 heterocycles. The molecule has 54 heavy (non-hydrogen) atoms. The van der Waals surface area contributed by atoms with Gasteiger partial charge in [-0.3, -0.25) is 4.90 Å². The number of hydrogen-bond donors (Lipinski definition) is 0. The zero-order valence-electron chi connectivity index (χ0n) is 33.4. The number of aromatic nitrogens is 4. The predicted molar refractivity (Wildman–Crippen MR) is 222 cm³/mol. The van der Waals surface area contributed by atoms with Crippen LogP contribution in [0.5, 0.6) is 5.75 Å². The van der Waals surface area contributed by atoms with Crippen LogP contribution in [-0.2, 0) is 49.1 Å². The van der Waals surface area contributed by atoms with E-state index in [1.807, 2.05) is 41.1 Å². The van der Waals surface area contributed by atoms with Gasteiger partial charge in [-0.25, -0.2) is 14.1 Å². The van der Waals surface area contributed by atoms with Gasteiger partial charge in [0.25, 0.3) is 0 Å². The molecule has 3 aromatic carbocycles. The Balaban J connectivity index is 1.24. The molecule has 0 N–H and O–H groups in total. The number of imidazole rings is 1. The van der Waals surface area contributed by atoms with Crippen LogP contribution in [0.3, 0.4) is 0 Å². The van der Waals surface area contributed by atoms with E-state index in [2.05, 4.69) is 73.9 Å². The van der Waals surface area contributed by atoms with Gasteiger partial charge in [0.15, 0.2) is 17.4 Å². The summed E-state index contributed by atoms with van der Waals surface area (Å²) < 4.78 is 38.6. The highest BCUT2D eigenvalue weighted by Crippen LogP contribution is 2.38. The van der Waals surface area contributed by atoms with Crippen molar-refractivity contribution in [3.63, 3.8) is 0 Å². The first-order valence-electron chi connectivity index (χ1n) is 19.8. The van der Waals surface area contributed by atoms with Gasteiger partial charge < -0.3 is 18.8 Å². The number of nitrogens with zero attached hydrogens (tertiary/aromatic N) is 5. The Morgan fingerprint density at radius 3 is 2.26 bits per heavy atom. The summed E-state index contributed by atoms with van der Waals surface area (Å²) in [6.45, 7) is 21.8. The Labute approximate surface area is 322 Å². The van der Waals surface area contributed by atoms with Crippen molar-refractivity contribution in [2.75, 3.05) is 19.8 Å². The number of fused-ring (bicyclic) bond motifs is 2. The molecule has 0 amide bonds. The first kappa shape index (κ1) is 38.7. The van der Waals surface area contributed by atoms with E-state index in [1.54, 1.807) is 6.07 Å². The van der Waals surface area contributed by atoms with E-state index >= 15 is 4.39 Å². The molecular formula is C43H58FN5O3Si2. The number of aryl methyl sites for hydroxylation is 1. The zero-order chi connectivity index (χ0) is 38.0. The lowest BCUT2D eigenvalue weighted by Gasteiger charge is -2.18. The fraction of sp³-hybridized carbons (Fsp3) is 0.488. The van der Waals surface area contributed by atoms with Crippen molar-refractivity contribution in [3.8, 4) is 28.4 Å². The Kier molecular flexibility index (Phi) is 11.6. The lowest BCUT2D eigenvalue weighted by Crippen LogP contribution is -2.23. The highest BCUT2D eigenvalue weighted by Gasteiger charge is 2.33. The van der Waals surface area contributed by atoms with E-state index in [1.165, 1.54) is 18.5 Å². The third-order valence-corrected chi connectivity index (χ3v) is 14.0. The van der Waals surface area contributed by atoms with Crippen LogP contribution in [0.25, 0.3) is 33.5 Å². The van der Waals surface area contributed by atoms with Crippen LogP contribution in [0.4, 0.5) is 4.39 Å². The molecule has 1 aliphatic carbocycles. The van der Waals surface area contributed by atoms with Crippen molar-refractivity contribution in [2.45, 2.75) is 111 Å². The monoisotopic (exact) mass is 767 g/mol. The van der Waals surface area contributed by atoms with Gasteiger partial charge in [0.1, 0.15) is 25.8 Å². The molecule has 0 unspecified atom stereocenters. The molecule has 5 aromatic rings. The van der Waals surface area contributed by atoms with Crippen molar-refractivity contribution in [3.05, 3.63) is 89.0 Å². The summed E-state index contributed by atoms with van der Waals surface area (Å²) in [5.74, 6) is 1.57. The average molecular weight is 768 g/mol. The molecule has 288 valence electrons. The van der Waals surface area contributed by atoms with Crippen LogP contribution < -0.4 is 4.74 Å². The van der Waals surface area contributed by atoms with E-state index < -0.39 is 16.1 Å². The molecule has 11 heteroatoms. The van der Waals surface area contributed by atoms with Gasteiger partial charge in [-0.15, -0.1) is 0 Å². The second kappa shape index (κ2) is 16.2. The Morgan fingerprint density at radius 1 is 0.852 bits per heavy atom. The number of halogens is 1. The minimum absolute atomic E-state index is 0.270. The first-order valence-corrected chi connectivity index (χ1v) is 27.2. The van der Waals surface area contributed by atoms with Crippen molar-refractivity contribution in [2.24, 2.45) is 5.92 Å². The Morgan fingerprint density at radius 2 is 1.57 bits per heavy atom. The van der Waals surface area contributed by atoms with Gasteiger partial charge in [0.2, 0.25) is 0 Å². The Hall–Kier alpha value is -3.62. The lowest BCUT2D eigenvalue weighted by atomic mass is 9.96. The summed E-state index contributed by atoms with van der Waals surface area (Å²) in [6, 6.07) is 21.9. The minimum atomic E-state index is -1.27. The highest BCUT2D eigenvalue weighted by molar-refractivity contribution is 6.76. The van der Waals surface area contributed by atoms with Gasteiger partial charge >= 0.3 is 0 Å². The van der Waals surface area contributed by atoms with E-state index in [9.17, 15) is 0 Å². The molecule has 2 aromatic heterocycles. The highest BCUT2D eigenvalue weighted by atomic mass is 28.3. The molecule has 0 spiro atoms. The smallest absolute Gasteiger partial charge is 0.165 e. The second-order valence-electron chi connectivity index (χ2n) is 17.7. The van der Waals surface area contributed by atoms with Gasteiger partial charge in [-0.1, -0.05) is 82.6 Å². The zero-order valence-corrected chi connectivity index (χ0v) is 35.4. The maximum absolute atomic E-state index is 15.7. The number of rotatable bonds is 18. The minimum Gasteiger partial charge on any atom is -0.486 e. The summed E-state index contributed by atoms with van der Waals surface area (Å²) in [5.41, 5.74) is 7.93. The van der Waals surface area contributed by atoms with Crippen molar-refractivity contribution >= 4 is 27.1 Å². The van der Waals surface area contributed by atoms with E-state index in [4.69, 9.17) is 24.3 Å². The summed E-state index contributed by atoms with van der Waals surface area (Å²) in [4.78, 5) is 7.84. The van der Waals surface area contributed by atoms with Crippen molar-refractivity contribution in [1.82, 2.24) is 24.2 Å². The average Bonchev–Trinajstić information content (AvgIpc) is 3.62. The number of hydrogen-bond acceptors (Lipinski definition) is 6. The molecule has 1 aliphatic heterocycles. The molecule has 0 saturated heterocycles. The van der Waals surface area contributed by atoms with E-state index in [-0.39, 0.29) is 11.6 Å². The molecular weight excluding hydrogens is 710 g/mol. The molecule has 8 nitrogen and oxygen atoms in total. The molecule has 1 saturated carbocycles. The van der Waals surface area contributed by atoms with Crippen LogP contribution in [0.2, 0.25) is 51.4 Å². The number of ether oxygens (including phenoxy) is 3. The van der Waals surface area contributed by atoms with Crippen LogP contribution in [0, 0.1) is 11.7 Å². The van der Waals surface area contributed by atoms with Crippen LogP contribution in [-0.4, -0.2) is 60.1 Å². The van der Waals surface area contributed by atoms with Gasteiger partial charge in [0, 0.05) is 54.4 Å². The lowest BCUT2D eigenvalue weighted by molar-refractivity contribution is 0.0814. The molecule has 0 atom stereocenters. The first-order chi connectivity index (χ1) is 25.8. The maximum atomic E-state index is 15.7. The summed E-state index contributed by atoms with van der Waals surface area (Å²) >= 11 is 0. The standard InChI is InChI=1S/C43H58FN5O3Si2/c1-8-33-23-41(52-28-32-12-10-9-11-13-32)37(44)24-36(33)34-16-17-35-39(22-34)49(30-51-19-21-54(5,6)7)46-42(35)43-45-38-26-47(25-31-14-15-31)27-40(38)48(43)29-50-18-20-53(2,3)4/h9-13,16-17,22-24,31H,8,14-15,18-21,25-30H2,1-7H3. The fourth-order valence-electron chi connectivity index (χ4n) is 7.10. The van der Waals surface area contributed by atoms with E-state index in [0.717, 1.165) is 101 Å².